The minimum Gasteiger partial charge on any atom is -0.378 e. The highest BCUT2D eigenvalue weighted by Gasteiger charge is 2.31. The third-order valence-electron chi connectivity index (χ3n) is 4.22. The molecule has 0 radical (unpaired) electrons. The molecular formula is C20H22N4OS. The molecule has 0 unspecified atom stereocenters. The van der Waals surface area contributed by atoms with E-state index in [4.69, 9.17) is 12.2 Å². The van der Waals surface area contributed by atoms with Crippen LogP contribution in [0.3, 0.4) is 0 Å². The van der Waals surface area contributed by atoms with Gasteiger partial charge in [-0.2, -0.15) is 0 Å². The summed E-state index contributed by atoms with van der Waals surface area (Å²) in [4.78, 5) is 18.4. The quantitative estimate of drug-likeness (QED) is 0.665. The molecule has 3 rings (SSSR count). The van der Waals surface area contributed by atoms with Gasteiger partial charge in [-0.1, -0.05) is 12.1 Å². The lowest BCUT2D eigenvalue weighted by molar-refractivity contribution is -0.113. The molecule has 1 amide bonds. The number of benzene rings is 2. The van der Waals surface area contributed by atoms with E-state index in [9.17, 15) is 4.79 Å². The first-order valence-corrected chi connectivity index (χ1v) is 8.69. The zero-order valence-electron chi connectivity index (χ0n) is 15.4. The summed E-state index contributed by atoms with van der Waals surface area (Å²) in [7, 11) is 7.94. The molecule has 2 aromatic rings. The van der Waals surface area contributed by atoms with E-state index >= 15 is 0 Å². The number of thiocarbonyl (C=S) groups is 1. The third-order valence-corrected chi connectivity index (χ3v) is 4.51. The predicted octanol–water partition coefficient (Wildman–Crippen LogP) is 3.08. The molecule has 26 heavy (non-hydrogen) atoms. The van der Waals surface area contributed by atoms with Gasteiger partial charge in [-0.3, -0.25) is 9.69 Å². The lowest BCUT2D eigenvalue weighted by Crippen LogP contribution is -2.30. The van der Waals surface area contributed by atoms with E-state index in [1.54, 1.807) is 0 Å². The Hall–Kier alpha value is -2.86. The summed E-state index contributed by atoms with van der Waals surface area (Å²) >= 11 is 5.37. The van der Waals surface area contributed by atoms with Crippen molar-refractivity contribution in [2.75, 3.05) is 42.9 Å². The Balaban J connectivity index is 1.84. The van der Waals surface area contributed by atoms with Crippen LogP contribution in [0.25, 0.3) is 6.08 Å². The highest BCUT2D eigenvalue weighted by molar-refractivity contribution is 7.80. The first-order chi connectivity index (χ1) is 12.4. The standard InChI is InChI=1S/C20H22N4OS/c1-22(2)15-7-5-14(6-8-15)13-18-19(25)24(20(26)21-18)17-11-9-16(10-12-17)23(3)4/h5-13H,1-4H3,(H,21,26)/b18-13+. The molecule has 0 aliphatic carbocycles. The van der Waals surface area contributed by atoms with E-state index < -0.39 is 0 Å². The maximum absolute atomic E-state index is 12.8. The SMILES string of the molecule is CN(C)c1ccc(/C=C2/NC(=S)N(c3ccc(N(C)C)cc3)C2=O)cc1. The van der Waals surface area contributed by atoms with Gasteiger partial charge >= 0.3 is 0 Å². The lowest BCUT2D eigenvalue weighted by Gasteiger charge is -2.17. The van der Waals surface area contributed by atoms with Crippen LogP contribution in [0.15, 0.2) is 54.2 Å². The molecule has 2 aromatic carbocycles. The van der Waals surface area contributed by atoms with Crippen molar-refractivity contribution in [2.45, 2.75) is 0 Å². The minimum atomic E-state index is -0.149. The molecule has 1 heterocycles. The molecule has 0 bridgehead atoms. The Labute approximate surface area is 159 Å². The summed E-state index contributed by atoms with van der Waals surface area (Å²) in [5.41, 5.74) is 4.35. The number of hydrogen-bond acceptors (Lipinski definition) is 4. The monoisotopic (exact) mass is 366 g/mol. The van der Waals surface area contributed by atoms with Gasteiger partial charge in [0.25, 0.3) is 5.91 Å². The van der Waals surface area contributed by atoms with E-state index in [-0.39, 0.29) is 5.91 Å². The molecule has 0 atom stereocenters. The molecular weight excluding hydrogens is 344 g/mol. The smallest absolute Gasteiger partial charge is 0.281 e. The van der Waals surface area contributed by atoms with E-state index in [0.717, 1.165) is 22.6 Å². The fourth-order valence-electron chi connectivity index (χ4n) is 2.70. The number of hydrogen-bond donors (Lipinski definition) is 1. The third kappa shape index (κ3) is 3.55. The van der Waals surface area contributed by atoms with Crippen molar-refractivity contribution in [3.63, 3.8) is 0 Å². The average molecular weight is 366 g/mol. The summed E-state index contributed by atoms with van der Waals surface area (Å²) < 4.78 is 0. The van der Waals surface area contributed by atoms with Gasteiger partial charge < -0.3 is 15.1 Å². The van der Waals surface area contributed by atoms with Gasteiger partial charge in [-0.25, -0.2) is 0 Å². The molecule has 1 N–H and O–H groups in total. The van der Waals surface area contributed by atoms with Crippen LogP contribution in [-0.4, -0.2) is 39.2 Å². The Kier molecular flexibility index (Phi) is 4.95. The molecule has 5 nitrogen and oxygen atoms in total. The number of rotatable bonds is 4. The van der Waals surface area contributed by atoms with Gasteiger partial charge in [0.05, 0.1) is 5.69 Å². The summed E-state index contributed by atoms with van der Waals surface area (Å²) in [6.45, 7) is 0. The number of carbonyl (C=O) groups excluding carboxylic acids is 1. The average Bonchev–Trinajstić information content (AvgIpc) is 2.89. The van der Waals surface area contributed by atoms with Crippen molar-refractivity contribution in [1.82, 2.24) is 5.32 Å². The van der Waals surface area contributed by atoms with Crippen LogP contribution in [0.1, 0.15) is 5.56 Å². The summed E-state index contributed by atoms with van der Waals surface area (Å²) in [5.74, 6) is -0.149. The van der Waals surface area contributed by atoms with Gasteiger partial charge in [-0.15, -0.1) is 0 Å². The van der Waals surface area contributed by atoms with Crippen LogP contribution >= 0.6 is 12.2 Å². The van der Waals surface area contributed by atoms with Gasteiger partial charge in [0.15, 0.2) is 5.11 Å². The largest absolute Gasteiger partial charge is 0.378 e. The maximum Gasteiger partial charge on any atom is 0.281 e. The molecule has 6 heteroatoms. The summed E-state index contributed by atoms with van der Waals surface area (Å²) in [5, 5.41) is 3.42. The van der Waals surface area contributed by atoms with Crippen molar-refractivity contribution in [1.29, 1.82) is 0 Å². The van der Waals surface area contributed by atoms with Crippen LogP contribution < -0.4 is 20.0 Å². The summed E-state index contributed by atoms with van der Waals surface area (Å²) in [6, 6.07) is 15.7. The van der Waals surface area contributed by atoms with E-state index in [0.29, 0.717) is 10.8 Å². The van der Waals surface area contributed by atoms with Crippen molar-refractivity contribution < 1.29 is 4.79 Å². The molecule has 1 saturated heterocycles. The molecule has 0 aromatic heterocycles. The van der Waals surface area contributed by atoms with Crippen molar-refractivity contribution in [3.8, 4) is 0 Å². The number of anilines is 3. The fourth-order valence-corrected chi connectivity index (χ4v) is 3.00. The molecule has 134 valence electrons. The molecule has 1 aliphatic heterocycles. The Bertz CT molecular complexity index is 854. The second-order valence-electron chi connectivity index (χ2n) is 6.53. The van der Waals surface area contributed by atoms with Gasteiger partial charge in [-0.05, 0) is 60.3 Å². The second-order valence-corrected chi connectivity index (χ2v) is 6.91. The predicted molar refractivity (Wildman–Crippen MR) is 113 cm³/mol. The topological polar surface area (TPSA) is 38.8 Å². The number of nitrogens with zero attached hydrogens (tertiary/aromatic N) is 3. The zero-order valence-corrected chi connectivity index (χ0v) is 16.2. The van der Waals surface area contributed by atoms with E-state index in [1.807, 2.05) is 92.6 Å². The van der Waals surface area contributed by atoms with Crippen molar-refractivity contribution in [3.05, 3.63) is 59.8 Å². The number of nitrogens with one attached hydrogen (secondary N) is 1. The highest BCUT2D eigenvalue weighted by atomic mass is 32.1. The van der Waals surface area contributed by atoms with Crippen molar-refractivity contribution >= 4 is 46.4 Å². The van der Waals surface area contributed by atoms with Gasteiger partial charge in [0.2, 0.25) is 0 Å². The Morgan fingerprint density at radius 1 is 0.885 bits per heavy atom. The van der Waals surface area contributed by atoms with Gasteiger partial charge in [0.1, 0.15) is 5.70 Å². The van der Waals surface area contributed by atoms with Crippen LogP contribution in [0.2, 0.25) is 0 Å². The fraction of sp³-hybridized carbons (Fsp3) is 0.200. The van der Waals surface area contributed by atoms with E-state index in [2.05, 4.69) is 5.32 Å². The lowest BCUT2D eigenvalue weighted by atomic mass is 10.1. The van der Waals surface area contributed by atoms with Crippen LogP contribution in [-0.2, 0) is 4.79 Å². The highest BCUT2D eigenvalue weighted by Crippen LogP contribution is 2.25. The first-order valence-electron chi connectivity index (χ1n) is 8.29. The number of carbonyl (C=O) groups is 1. The zero-order chi connectivity index (χ0) is 18.8. The van der Waals surface area contributed by atoms with Crippen LogP contribution in [0, 0.1) is 0 Å². The summed E-state index contributed by atoms with van der Waals surface area (Å²) in [6.07, 6.45) is 1.82. The van der Waals surface area contributed by atoms with Crippen LogP contribution in [0.4, 0.5) is 17.1 Å². The molecule has 0 spiro atoms. The molecule has 0 saturated carbocycles. The number of amides is 1. The van der Waals surface area contributed by atoms with Gasteiger partial charge in [0, 0.05) is 39.6 Å². The molecule has 1 fully saturated rings. The normalized spacial score (nSPS) is 15.4. The Morgan fingerprint density at radius 2 is 1.38 bits per heavy atom. The van der Waals surface area contributed by atoms with E-state index in [1.165, 1.54) is 4.90 Å². The Morgan fingerprint density at radius 3 is 1.88 bits per heavy atom. The minimum absolute atomic E-state index is 0.149. The first kappa shape index (κ1) is 17.9. The van der Waals surface area contributed by atoms with Crippen LogP contribution in [0.5, 0.6) is 0 Å². The van der Waals surface area contributed by atoms with Crippen molar-refractivity contribution in [2.24, 2.45) is 0 Å². The maximum atomic E-state index is 12.8. The molecule has 1 aliphatic rings. The second kappa shape index (κ2) is 7.17.